The number of hydrogen-bond acceptors (Lipinski definition) is 5. The number of ether oxygens (including phenoxy) is 1. The van der Waals surface area contributed by atoms with Crippen LogP contribution in [-0.2, 0) is 21.4 Å². The molecule has 9 heteroatoms. The molecule has 1 heterocycles. The molecule has 1 aliphatic heterocycles. The molecule has 0 aliphatic carbocycles. The van der Waals surface area contributed by atoms with Crippen LogP contribution in [0.2, 0.25) is 0 Å². The molecule has 186 valence electrons. The second-order valence-electron chi connectivity index (χ2n) is 9.52. The first kappa shape index (κ1) is 26.1. The fraction of sp³-hybridized carbons (Fsp3) is 0.480. The van der Waals surface area contributed by atoms with Gasteiger partial charge in [-0.15, -0.1) is 0 Å². The second kappa shape index (κ2) is 10.8. The molecule has 2 aromatic rings. The topological polar surface area (TPSA) is 70.2 Å². The van der Waals surface area contributed by atoms with Crippen molar-refractivity contribution in [3.8, 4) is 5.75 Å². The van der Waals surface area contributed by atoms with Gasteiger partial charge in [-0.2, -0.15) is 4.31 Å². The van der Waals surface area contributed by atoms with E-state index in [1.54, 1.807) is 48.4 Å². The molecule has 2 aromatic carbocycles. The van der Waals surface area contributed by atoms with E-state index in [-0.39, 0.29) is 16.6 Å². The van der Waals surface area contributed by atoms with Crippen LogP contribution in [0, 0.1) is 11.2 Å². The van der Waals surface area contributed by atoms with Crippen LogP contribution in [0.5, 0.6) is 5.75 Å². The number of methoxy groups -OCH3 is 1. The maximum atomic E-state index is 13.3. The molecular formula is C25H34FN3O4S. The Hall–Kier alpha value is -2.49. The van der Waals surface area contributed by atoms with Gasteiger partial charge < -0.3 is 9.64 Å². The zero-order chi connectivity index (χ0) is 24.9. The van der Waals surface area contributed by atoms with Gasteiger partial charge in [-0.25, -0.2) is 12.8 Å². The number of benzene rings is 2. The van der Waals surface area contributed by atoms with E-state index in [0.717, 1.165) is 5.56 Å². The third kappa shape index (κ3) is 6.55. The molecule has 0 spiro atoms. The monoisotopic (exact) mass is 491 g/mol. The minimum atomic E-state index is -3.56. The van der Waals surface area contributed by atoms with Crippen LogP contribution in [0.3, 0.4) is 0 Å². The molecule has 0 radical (unpaired) electrons. The van der Waals surface area contributed by atoms with E-state index in [0.29, 0.717) is 51.6 Å². The van der Waals surface area contributed by atoms with Crippen molar-refractivity contribution < 1.29 is 22.3 Å². The summed E-state index contributed by atoms with van der Waals surface area (Å²) in [5.74, 6) is 0.330. The normalized spacial score (nSPS) is 15.8. The van der Waals surface area contributed by atoms with Crippen molar-refractivity contribution in [1.82, 2.24) is 14.1 Å². The van der Waals surface area contributed by atoms with Crippen LogP contribution in [-0.4, -0.2) is 74.8 Å². The van der Waals surface area contributed by atoms with Crippen LogP contribution >= 0.6 is 0 Å². The van der Waals surface area contributed by atoms with Crippen molar-refractivity contribution in [1.29, 1.82) is 0 Å². The quantitative estimate of drug-likeness (QED) is 0.567. The van der Waals surface area contributed by atoms with E-state index in [1.807, 2.05) is 20.8 Å². The lowest BCUT2D eigenvalue weighted by Crippen LogP contribution is -2.51. The lowest BCUT2D eigenvalue weighted by atomic mass is 9.94. The number of carbonyl (C=O) groups is 1. The molecule has 0 N–H and O–H groups in total. The van der Waals surface area contributed by atoms with Gasteiger partial charge >= 0.3 is 0 Å². The Kier molecular flexibility index (Phi) is 8.33. The molecule has 3 rings (SSSR count). The molecule has 1 fully saturated rings. The van der Waals surface area contributed by atoms with Crippen LogP contribution in [0.25, 0.3) is 0 Å². The first-order chi connectivity index (χ1) is 16.0. The van der Waals surface area contributed by atoms with E-state index >= 15 is 0 Å². The fourth-order valence-corrected chi connectivity index (χ4v) is 5.31. The zero-order valence-electron chi connectivity index (χ0n) is 20.3. The van der Waals surface area contributed by atoms with Crippen LogP contribution in [0.15, 0.2) is 53.4 Å². The second-order valence-corrected chi connectivity index (χ2v) is 11.5. The highest BCUT2D eigenvalue weighted by Gasteiger charge is 2.30. The van der Waals surface area contributed by atoms with Crippen molar-refractivity contribution in [3.63, 3.8) is 0 Å². The first-order valence-electron chi connectivity index (χ1n) is 11.4. The molecule has 0 bridgehead atoms. The standard InChI is InChI=1S/C25H34FN3O4S/c1-25(2,3)24(30)28(19-20-5-7-21(26)8-6-20)16-13-27-14-17-29(18-15-27)34(31,32)23-11-9-22(33-4)10-12-23/h5-12H,13-19H2,1-4H3. The lowest BCUT2D eigenvalue weighted by molar-refractivity contribution is -0.140. The van der Waals surface area contributed by atoms with Crippen molar-refractivity contribution in [3.05, 3.63) is 59.9 Å². The van der Waals surface area contributed by atoms with Crippen LogP contribution < -0.4 is 4.74 Å². The molecule has 7 nitrogen and oxygen atoms in total. The molecule has 1 amide bonds. The van der Waals surface area contributed by atoms with Gasteiger partial charge in [0, 0.05) is 51.2 Å². The Balaban J connectivity index is 1.59. The molecule has 1 saturated heterocycles. The summed E-state index contributed by atoms with van der Waals surface area (Å²) in [6, 6.07) is 12.6. The summed E-state index contributed by atoms with van der Waals surface area (Å²) >= 11 is 0. The number of sulfonamides is 1. The molecule has 0 saturated carbocycles. The fourth-order valence-electron chi connectivity index (χ4n) is 3.89. The summed E-state index contributed by atoms with van der Waals surface area (Å²) in [5.41, 5.74) is 0.333. The summed E-state index contributed by atoms with van der Waals surface area (Å²) in [6.45, 7) is 9.16. The summed E-state index contributed by atoms with van der Waals surface area (Å²) < 4.78 is 45.8. The van der Waals surface area contributed by atoms with Gasteiger partial charge in [0.05, 0.1) is 12.0 Å². The van der Waals surface area contributed by atoms with Crippen molar-refractivity contribution in [2.24, 2.45) is 5.41 Å². The highest BCUT2D eigenvalue weighted by Crippen LogP contribution is 2.22. The van der Waals surface area contributed by atoms with E-state index in [4.69, 9.17) is 4.74 Å². The number of carbonyl (C=O) groups excluding carboxylic acids is 1. The minimum absolute atomic E-state index is 0.0255. The van der Waals surface area contributed by atoms with Gasteiger partial charge in [0.1, 0.15) is 11.6 Å². The summed E-state index contributed by atoms with van der Waals surface area (Å²) in [7, 11) is -2.02. The van der Waals surface area contributed by atoms with Gasteiger partial charge in [-0.3, -0.25) is 9.69 Å². The molecular weight excluding hydrogens is 457 g/mol. The first-order valence-corrected chi connectivity index (χ1v) is 12.8. The highest BCUT2D eigenvalue weighted by atomic mass is 32.2. The Labute approximate surface area is 202 Å². The van der Waals surface area contributed by atoms with Gasteiger partial charge in [0.2, 0.25) is 15.9 Å². The van der Waals surface area contributed by atoms with Crippen molar-refractivity contribution in [2.75, 3.05) is 46.4 Å². The Morgan fingerprint density at radius 3 is 2.12 bits per heavy atom. The zero-order valence-corrected chi connectivity index (χ0v) is 21.1. The van der Waals surface area contributed by atoms with E-state index in [9.17, 15) is 17.6 Å². The number of piperazine rings is 1. The predicted molar refractivity (Wildman–Crippen MR) is 129 cm³/mol. The summed E-state index contributed by atoms with van der Waals surface area (Å²) in [4.78, 5) is 17.3. The number of nitrogens with zero attached hydrogens (tertiary/aromatic N) is 3. The lowest BCUT2D eigenvalue weighted by Gasteiger charge is -2.36. The van der Waals surface area contributed by atoms with E-state index in [2.05, 4.69) is 4.90 Å². The molecule has 0 unspecified atom stereocenters. The van der Waals surface area contributed by atoms with Crippen LogP contribution in [0.1, 0.15) is 26.3 Å². The molecule has 0 aromatic heterocycles. The molecule has 1 aliphatic rings. The SMILES string of the molecule is COc1ccc(S(=O)(=O)N2CCN(CCN(Cc3ccc(F)cc3)C(=O)C(C)(C)C)CC2)cc1. The molecule has 0 atom stereocenters. The Morgan fingerprint density at radius 1 is 1.00 bits per heavy atom. The maximum Gasteiger partial charge on any atom is 0.243 e. The summed E-state index contributed by atoms with van der Waals surface area (Å²) in [6.07, 6.45) is 0. The van der Waals surface area contributed by atoms with Gasteiger partial charge in [0.15, 0.2) is 0 Å². The summed E-state index contributed by atoms with van der Waals surface area (Å²) in [5, 5.41) is 0. The average Bonchev–Trinajstić information content (AvgIpc) is 2.82. The molecule has 34 heavy (non-hydrogen) atoms. The largest absolute Gasteiger partial charge is 0.497 e. The number of hydrogen-bond donors (Lipinski definition) is 0. The number of amides is 1. The third-order valence-corrected chi connectivity index (χ3v) is 7.84. The number of halogens is 1. The van der Waals surface area contributed by atoms with Gasteiger partial charge in [0.25, 0.3) is 0 Å². The average molecular weight is 492 g/mol. The predicted octanol–water partition coefficient (Wildman–Crippen LogP) is 3.22. The van der Waals surface area contributed by atoms with E-state index < -0.39 is 15.4 Å². The van der Waals surface area contributed by atoms with E-state index in [1.165, 1.54) is 16.4 Å². The number of rotatable bonds is 8. The van der Waals surface area contributed by atoms with Crippen LogP contribution in [0.4, 0.5) is 4.39 Å². The Morgan fingerprint density at radius 2 is 1.59 bits per heavy atom. The maximum absolute atomic E-state index is 13.3. The van der Waals surface area contributed by atoms with Gasteiger partial charge in [-0.1, -0.05) is 32.9 Å². The smallest absolute Gasteiger partial charge is 0.243 e. The highest BCUT2D eigenvalue weighted by molar-refractivity contribution is 7.89. The third-order valence-electron chi connectivity index (χ3n) is 5.93. The van der Waals surface area contributed by atoms with Crippen molar-refractivity contribution in [2.45, 2.75) is 32.2 Å². The minimum Gasteiger partial charge on any atom is -0.497 e. The Bertz CT molecular complexity index is 1060. The van der Waals surface area contributed by atoms with Crippen molar-refractivity contribution >= 4 is 15.9 Å². The van der Waals surface area contributed by atoms with Gasteiger partial charge in [-0.05, 0) is 42.0 Å².